The summed E-state index contributed by atoms with van der Waals surface area (Å²) in [6, 6.07) is 0. The first-order valence-corrected chi connectivity index (χ1v) is 4.70. The Labute approximate surface area is 92.8 Å². The topological polar surface area (TPSA) is 85.0 Å². The van der Waals surface area contributed by atoms with Gasteiger partial charge in [-0.15, -0.1) is 0 Å². The molecule has 4 N–H and O–H groups in total. The summed E-state index contributed by atoms with van der Waals surface area (Å²) in [5.74, 6) is -0.300. The summed E-state index contributed by atoms with van der Waals surface area (Å²) in [6.45, 7) is 3.58. The lowest BCUT2D eigenvalue weighted by molar-refractivity contribution is 0.0942. The number of hydrogen-bond donors (Lipinski definition) is 3. The average Bonchev–Trinajstić information content (AvgIpc) is 2.37. The van der Waals surface area contributed by atoms with Crippen LogP contribution in [0.3, 0.4) is 0 Å². The molecule has 0 atom stereocenters. The molecular formula is C8H13N5OS. The smallest absolute Gasteiger partial charge is 0.273 e. The van der Waals surface area contributed by atoms with Crippen LogP contribution in [0.1, 0.15) is 21.7 Å². The molecule has 1 aromatic heterocycles. The number of aryl methyl sites for hydroxylation is 2. The van der Waals surface area contributed by atoms with E-state index in [4.69, 9.17) is 5.73 Å². The molecule has 1 heterocycles. The van der Waals surface area contributed by atoms with Crippen LogP contribution in [0.4, 0.5) is 0 Å². The molecule has 1 aromatic rings. The fraction of sp³-hybridized carbons (Fsp3) is 0.375. The zero-order valence-corrected chi connectivity index (χ0v) is 9.60. The van der Waals surface area contributed by atoms with Gasteiger partial charge < -0.3 is 5.73 Å². The maximum atomic E-state index is 11.7. The quantitative estimate of drug-likeness (QED) is 0.445. The van der Waals surface area contributed by atoms with Crippen molar-refractivity contribution in [3.05, 3.63) is 17.0 Å². The summed E-state index contributed by atoms with van der Waals surface area (Å²) in [6.07, 6.45) is 0. The first-order valence-electron chi connectivity index (χ1n) is 4.29. The van der Waals surface area contributed by atoms with Crippen LogP contribution in [-0.4, -0.2) is 20.8 Å². The maximum absolute atomic E-state index is 11.7. The van der Waals surface area contributed by atoms with Gasteiger partial charge in [0.2, 0.25) is 0 Å². The predicted octanol–water partition coefficient (Wildman–Crippen LogP) is -0.485. The second kappa shape index (κ2) is 4.26. The molecule has 0 saturated heterocycles. The highest BCUT2D eigenvalue weighted by Gasteiger charge is 2.16. The molecule has 0 radical (unpaired) electrons. The van der Waals surface area contributed by atoms with Gasteiger partial charge in [0, 0.05) is 12.7 Å². The standard InChI is InChI=1S/C8H13N5OS/c1-4-6(5(2)13(3)12-4)7(14)10-11-8(9)15/h1-3H3,(H,10,14)(H3,9,11,15). The molecule has 7 heteroatoms. The van der Waals surface area contributed by atoms with Crippen molar-refractivity contribution in [1.82, 2.24) is 20.6 Å². The molecule has 0 unspecified atom stereocenters. The van der Waals surface area contributed by atoms with E-state index >= 15 is 0 Å². The Bertz CT molecular complexity index is 411. The third kappa shape index (κ3) is 2.44. The van der Waals surface area contributed by atoms with Crippen LogP contribution in [0.25, 0.3) is 0 Å². The fourth-order valence-corrected chi connectivity index (χ4v) is 1.33. The number of amides is 1. The van der Waals surface area contributed by atoms with Crippen molar-refractivity contribution in [3.63, 3.8) is 0 Å². The Balaban J connectivity index is 2.86. The van der Waals surface area contributed by atoms with E-state index < -0.39 is 0 Å². The van der Waals surface area contributed by atoms with E-state index in [1.165, 1.54) is 0 Å². The molecule has 0 aliphatic heterocycles. The number of rotatable bonds is 1. The number of thiocarbonyl (C=S) groups is 1. The summed E-state index contributed by atoms with van der Waals surface area (Å²) in [7, 11) is 1.78. The summed E-state index contributed by atoms with van der Waals surface area (Å²) in [5.41, 5.74) is 11.9. The number of nitrogens with zero attached hydrogens (tertiary/aromatic N) is 2. The first kappa shape index (κ1) is 11.4. The fourth-order valence-electron chi connectivity index (χ4n) is 1.28. The first-order chi connectivity index (χ1) is 6.93. The SMILES string of the molecule is Cc1nn(C)c(C)c1C(=O)NNC(N)=S. The molecular weight excluding hydrogens is 214 g/mol. The van der Waals surface area contributed by atoms with Crippen molar-refractivity contribution >= 4 is 23.2 Å². The van der Waals surface area contributed by atoms with Crippen molar-refractivity contribution in [2.24, 2.45) is 12.8 Å². The summed E-state index contributed by atoms with van der Waals surface area (Å²) < 4.78 is 1.64. The van der Waals surface area contributed by atoms with Gasteiger partial charge in [0.25, 0.3) is 5.91 Å². The van der Waals surface area contributed by atoms with Gasteiger partial charge in [-0.25, -0.2) is 0 Å². The van der Waals surface area contributed by atoms with Gasteiger partial charge in [-0.05, 0) is 26.1 Å². The number of carbonyl (C=O) groups is 1. The molecule has 0 aliphatic carbocycles. The molecule has 0 bridgehead atoms. The van der Waals surface area contributed by atoms with Crippen molar-refractivity contribution in [2.45, 2.75) is 13.8 Å². The number of carbonyl (C=O) groups excluding carboxylic acids is 1. The van der Waals surface area contributed by atoms with E-state index in [2.05, 4.69) is 28.2 Å². The normalized spacial score (nSPS) is 9.80. The van der Waals surface area contributed by atoms with E-state index in [1.54, 1.807) is 18.7 Å². The number of aromatic nitrogens is 2. The van der Waals surface area contributed by atoms with Gasteiger partial charge in [0.1, 0.15) is 0 Å². The largest absolute Gasteiger partial charge is 0.375 e. The molecule has 1 amide bonds. The van der Waals surface area contributed by atoms with Crippen LogP contribution in [0.15, 0.2) is 0 Å². The number of nitrogens with two attached hydrogens (primary N) is 1. The van der Waals surface area contributed by atoms with Crippen LogP contribution in [0.5, 0.6) is 0 Å². The zero-order valence-electron chi connectivity index (χ0n) is 8.79. The van der Waals surface area contributed by atoms with Crippen LogP contribution in [0.2, 0.25) is 0 Å². The van der Waals surface area contributed by atoms with Gasteiger partial charge in [0.05, 0.1) is 11.3 Å². The monoisotopic (exact) mass is 227 g/mol. The number of hydrogen-bond acceptors (Lipinski definition) is 3. The van der Waals surface area contributed by atoms with Crippen molar-refractivity contribution in [3.8, 4) is 0 Å². The van der Waals surface area contributed by atoms with Crippen LogP contribution in [-0.2, 0) is 7.05 Å². The predicted molar refractivity (Wildman–Crippen MR) is 60.1 cm³/mol. The Hall–Kier alpha value is -1.63. The Kier molecular flexibility index (Phi) is 3.25. The third-order valence-corrected chi connectivity index (χ3v) is 2.14. The maximum Gasteiger partial charge on any atom is 0.273 e. The lowest BCUT2D eigenvalue weighted by atomic mass is 10.2. The molecule has 0 fully saturated rings. The minimum absolute atomic E-state index is 0.0162. The van der Waals surface area contributed by atoms with E-state index in [-0.39, 0.29) is 11.0 Å². The minimum Gasteiger partial charge on any atom is -0.375 e. The third-order valence-electron chi connectivity index (χ3n) is 2.04. The average molecular weight is 227 g/mol. The Morgan fingerprint density at radius 2 is 2.07 bits per heavy atom. The molecule has 6 nitrogen and oxygen atoms in total. The van der Waals surface area contributed by atoms with Gasteiger partial charge in [-0.3, -0.25) is 20.3 Å². The summed E-state index contributed by atoms with van der Waals surface area (Å²) in [5, 5.41) is 4.14. The summed E-state index contributed by atoms with van der Waals surface area (Å²) >= 11 is 4.57. The van der Waals surface area contributed by atoms with Crippen molar-refractivity contribution < 1.29 is 4.79 Å². The minimum atomic E-state index is -0.300. The molecule has 0 spiro atoms. The lowest BCUT2D eigenvalue weighted by Gasteiger charge is -2.06. The van der Waals surface area contributed by atoms with Crippen molar-refractivity contribution in [2.75, 3.05) is 0 Å². The van der Waals surface area contributed by atoms with Crippen LogP contribution in [0, 0.1) is 13.8 Å². The van der Waals surface area contributed by atoms with E-state index in [9.17, 15) is 4.79 Å². The molecule has 0 aromatic carbocycles. The van der Waals surface area contributed by atoms with Gasteiger partial charge in [-0.1, -0.05) is 0 Å². The number of nitrogens with one attached hydrogen (secondary N) is 2. The van der Waals surface area contributed by atoms with E-state index in [0.29, 0.717) is 11.3 Å². The Morgan fingerprint density at radius 3 is 2.47 bits per heavy atom. The van der Waals surface area contributed by atoms with E-state index in [1.807, 2.05) is 6.92 Å². The second-order valence-electron chi connectivity index (χ2n) is 3.11. The Morgan fingerprint density at radius 1 is 1.47 bits per heavy atom. The van der Waals surface area contributed by atoms with Gasteiger partial charge in [0.15, 0.2) is 5.11 Å². The van der Waals surface area contributed by atoms with E-state index in [0.717, 1.165) is 5.69 Å². The van der Waals surface area contributed by atoms with Gasteiger partial charge in [-0.2, -0.15) is 5.10 Å². The zero-order chi connectivity index (χ0) is 11.6. The highest BCUT2D eigenvalue weighted by molar-refractivity contribution is 7.80. The summed E-state index contributed by atoms with van der Waals surface area (Å²) in [4.78, 5) is 11.7. The second-order valence-corrected chi connectivity index (χ2v) is 3.55. The van der Waals surface area contributed by atoms with Gasteiger partial charge >= 0.3 is 0 Å². The molecule has 0 saturated carbocycles. The molecule has 82 valence electrons. The lowest BCUT2D eigenvalue weighted by Crippen LogP contribution is -2.44. The van der Waals surface area contributed by atoms with Crippen LogP contribution >= 0.6 is 12.2 Å². The number of hydrazine groups is 1. The molecule has 15 heavy (non-hydrogen) atoms. The highest BCUT2D eigenvalue weighted by Crippen LogP contribution is 2.10. The molecule has 0 aliphatic rings. The van der Waals surface area contributed by atoms with Crippen LogP contribution < -0.4 is 16.6 Å². The van der Waals surface area contributed by atoms with Crippen molar-refractivity contribution in [1.29, 1.82) is 0 Å². The molecule has 1 rings (SSSR count). The highest BCUT2D eigenvalue weighted by atomic mass is 32.1.